The van der Waals surface area contributed by atoms with E-state index in [1.807, 2.05) is 0 Å². The van der Waals surface area contributed by atoms with Crippen LogP contribution in [0.5, 0.6) is 0 Å². The van der Waals surface area contributed by atoms with E-state index in [4.69, 9.17) is 5.11 Å². The minimum absolute atomic E-state index is 0.0117. The maximum absolute atomic E-state index is 12.6. The van der Waals surface area contributed by atoms with Crippen molar-refractivity contribution in [2.75, 3.05) is 13.1 Å². The summed E-state index contributed by atoms with van der Waals surface area (Å²) < 4.78 is 37.7. The number of nitrogens with zero attached hydrogens (tertiary/aromatic N) is 1. The Hall–Kier alpha value is -1.47. The summed E-state index contributed by atoms with van der Waals surface area (Å²) in [6.07, 6.45) is -5.01. The molecule has 86 valence electrons. The van der Waals surface area contributed by atoms with E-state index in [0.29, 0.717) is 6.92 Å². The molecule has 1 atom stereocenters. The number of carbonyl (C=O) groups excluding carboxylic acids is 1. The van der Waals surface area contributed by atoms with Gasteiger partial charge >= 0.3 is 18.2 Å². The molecule has 2 amide bonds. The molecular formula is C7H9F3N2O3. The van der Waals surface area contributed by atoms with Crippen molar-refractivity contribution in [3.05, 3.63) is 0 Å². The Bertz CT molecular complexity index is 304. The summed E-state index contributed by atoms with van der Waals surface area (Å²) in [6, 6.07) is -1.02. The number of nitrogens with one attached hydrogen (secondary N) is 1. The largest absolute Gasteiger partial charge is 0.479 e. The third-order valence-corrected chi connectivity index (χ3v) is 2.37. The molecule has 1 heterocycles. The molecule has 5 nitrogen and oxygen atoms in total. The van der Waals surface area contributed by atoms with Crippen molar-refractivity contribution < 1.29 is 27.9 Å². The van der Waals surface area contributed by atoms with Gasteiger partial charge < -0.3 is 10.4 Å². The minimum atomic E-state index is -5.01. The Labute approximate surface area is 82.8 Å². The normalized spacial score (nSPS) is 21.1. The second-order valence-electron chi connectivity index (χ2n) is 3.26. The molecule has 0 spiro atoms. The molecule has 0 aromatic heterocycles. The number of carboxylic acid groups (broad SMARTS) is 1. The molecule has 0 bridgehead atoms. The predicted octanol–water partition coefficient (Wildman–Crippen LogP) is 0.417. The second-order valence-corrected chi connectivity index (χ2v) is 3.26. The molecule has 2 N–H and O–H groups in total. The lowest BCUT2D eigenvalue weighted by molar-refractivity contribution is -0.223. The van der Waals surface area contributed by atoms with E-state index in [0.717, 1.165) is 0 Å². The van der Waals surface area contributed by atoms with Crippen molar-refractivity contribution >= 4 is 12.0 Å². The molecule has 1 aliphatic rings. The number of hydrogen-bond acceptors (Lipinski definition) is 2. The van der Waals surface area contributed by atoms with Crippen LogP contribution in [0.25, 0.3) is 0 Å². The zero-order valence-electron chi connectivity index (χ0n) is 7.76. The van der Waals surface area contributed by atoms with Gasteiger partial charge in [0.1, 0.15) is 0 Å². The molecule has 0 aliphatic carbocycles. The van der Waals surface area contributed by atoms with Gasteiger partial charge in [-0.1, -0.05) is 0 Å². The molecule has 15 heavy (non-hydrogen) atoms. The number of carboxylic acids is 1. The molecule has 0 aromatic carbocycles. The van der Waals surface area contributed by atoms with Crippen LogP contribution >= 0.6 is 0 Å². The van der Waals surface area contributed by atoms with Gasteiger partial charge in [0.2, 0.25) is 5.54 Å². The number of amides is 2. The van der Waals surface area contributed by atoms with E-state index in [2.05, 4.69) is 5.32 Å². The van der Waals surface area contributed by atoms with Crippen LogP contribution in [0.4, 0.5) is 18.0 Å². The lowest BCUT2D eigenvalue weighted by Crippen LogP contribution is -2.62. The standard InChI is InChI=1S/C7H9F3N2O3/c1-6(4(13)14,7(8,9)10)12-3-2-11-5(12)15/h2-3H2,1H3,(H,11,15)(H,13,14). The summed E-state index contributed by atoms with van der Waals surface area (Å²) >= 11 is 0. The van der Waals surface area contributed by atoms with E-state index in [1.54, 1.807) is 0 Å². The first kappa shape index (κ1) is 11.6. The molecular weight excluding hydrogens is 217 g/mol. The molecule has 1 rings (SSSR count). The van der Waals surface area contributed by atoms with Crippen LogP contribution in [0.15, 0.2) is 0 Å². The second kappa shape index (κ2) is 3.28. The molecule has 0 saturated carbocycles. The zero-order chi connectivity index (χ0) is 11.9. The van der Waals surface area contributed by atoms with Gasteiger partial charge in [-0.2, -0.15) is 13.2 Å². The summed E-state index contributed by atoms with van der Waals surface area (Å²) in [5.74, 6) is -2.09. The quantitative estimate of drug-likeness (QED) is 0.716. The number of rotatable bonds is 2. The number of aliphatic carboxylic acids is 1. The highest BCUT2D eigenvalue weighted by molar-refractivity contribution is 5.87. The summed E-state index contributed by atoms with van der Waals surface area (Å²) in [4.78, 5) is 22.0. The fraction of sp³-hybridized carbons (Fsp3) is 0.714. The summed E-state index contributed by atoms with van der Waals surface area (Å²) in [6.45, 7) is 0.207. The number of carbonyl (C=O) groups is 2. The Balaban J connectivity index is 3.12. The first-order chi connectivity index (χ1) is 6.71. The first-order valence-corrected chi connectivity index (χ1v) is 4.07. The van der Waals surface area contributed by atoms with Crippen LogP contribution < -0.4 is 5.32 Å². The van der Waals surface area contributed by atoms with Crippen LogP contribution in [-0.2, 0) is 4.79 Å². The third-order valence-electron chi connectivity index (χ3n) is 2.37. The van der Waals surface area contributed by atoms with Crippen molar-refractivity contribution in [1.82, 2.24) is 10.2 Å². The van der Waals surface area contributed by atoms with Crippen molar-refractivity contribution in [3.63, 3.8) is 0 Å². The Morgan fingerprint density at radius 3 is 2.33 bits per heavy atom. The molecule has 1 aliphatic heterocycles. The van der Waals surface area contributed by atoms with Gasteiger partial charge in [0.15, 0.2) is 0 Å². The maximum atomic E-state index is 12.6. The SMILES string of the molecule is CC(C(=O)O)(N1CCNC1=O)C(F)(F)F. The number of halogens is 3. The fourth-order valence-electron chi connectivity index (χ4n) is 1.29. The summed E-state index contributed by atoms with van der Waals surface area (Å²) in [5.41, 5.74) is -3.17. The average molecular weight is 226 g/mol. The Morgan fingerprint density at radius 2 is 2.07 bits per heavy atom. The zero-order valence-corrected chi connectivity index (χ0v) is 7.76. The molecule has 0 radical (unpaired) electrons. The predicted molar refractivity (Wildman–Crippen MR) is 42.2 cm³/mol. The number of hydrogen-bond donors (Lipinski definition) is 2. The van der Waals surface area contributed by atoms with E-state index in [1.165, 1.54) is 0 Å². The van der Waals surface area contributed by atoms with Crippen molar-refractivity contribution in [2.24, 2.45) is 0 Å². The maximum Gasteiger partial charge on any atom is 0.422 e. The highest BCUT2D eigenvalue weighted by atomic mass is 19.4. The van der Waals surface area contributed by atoms with Crippen molar-refractivity contribution in [3.8, 4) is 0 Å². The molecule has 8 heteroatoms. The molecule has 0 aromatic rings. The summed E-state index contributed by atoms with van der Waals surface area (Å²) in [7, 11) is 0. The summed E-state index contributed by atoms with van der Waals surface area (Å²) in [5, 5.41) is 10.7. The van der Waals surface area contributed by atoms with Crippen LogP contribution in [0.1, 0.15) is 6.92 Å². The van der Waals surface area contributed by atoms with Crippen molar-refractivity contribution in [1.29, 1.82) is 0 Å². The smallest absolute Gasteiger partial charge is 0.422 e. The van der Waals surface area contributed by atoms with E-state index >= 15 is 0 Å². The van der Waals surface area contributed by atoms with Crippen molar-refractivity contribution in [2.45, 2.75) is 18.6 Å². The Morgan fingerprint density at radius 1 is 1.53 bits per heavy atom. The van der Waals surface area contributed by atoms with Crippen LogP contribution in [0.2, 0.25) is 0 Å². The van der Waals surface area contributed by atoms with Gasteiger partial charge in [-0.05, 0) is 6.92 Å². The number of alkyl halides is 3. The van der Waals surface area contributed by atoms with E-state index in [9.17, 15) is 22.8 Å². The topological polar surface area (TPSA) is 69.6 Å². The highest BCUT2D eigenvalue weighted by Crippen LogP contribution is 2.36. The van der Waals surface area contributed by atoms with Crippen LogP contribution in [-0.4, -0.2) is 46.8 Å². The van der Waals surface area contributed by atoms with Gasteiger partial charge in [-0.15, -0.1) is 0 Å². The van der Waals surface area contributed by atoms with Gasteiger partial charge in [0.05, 0.1) is 0 Å². The van der Waals surface area contributed by atoms with Crippen LogP contribution in [0, 0.1) is 0 Å². The van der Waals surface area contributed by atoms with E-state index in [-0.39, 0.29) is 18.0 Å². The van der Waals surface area contributed by atoms with Gasteiger partial charge in [0, 0.05) is 13.1 Å². The van der Waals surface area contributed by atoms with Gasteiger partial charge in [0.25, 0.3) is 0 Å². The third kappa shape index (κ3) is 1.59. The lowest BCUT2D eigenvalue weighted by Gasteiger charge is -2.35. The average Bonchev–Trinajstić information content (AvgIpc) is 2.47. The molecule has 1 fully saturated rings. The molecule has 1 saturated heterocycles. The monoisotopic (exact) mass is 226 g/mol. The first-order valence-electron chi connectivity index (χ1n) is 4.07. The lowest BCUT2D eigenvalue weighted by atomic mass is 10.00. The van der Waals surface area contributed by atoms with Crippen LogP contribution in [0.3, 0.4) is 0 Å². The number of urea groups is 1. The van der Waals surface area contributed by atoms with Gasteiger partial charge in [-0.25, -0.2) is 9.59 Å². The highest BCUT2D eigenvalue weighted by Gasteiger charge is 2.63. The minimum Gasteiger partial charge on any atom is -0.479 e. The fourth-order valence-corrected chi connectivity index (χ4v) is 1.29. The Kier molecular flexibility index (Phi) is 2.54. The van der Waals surface area contributed by atoms with Gasteiger partial charge in [-0.3, -0.25) is 4.90 Å². The van der Waals surface area contributed by atoms with E-state index < -0.39 is 23.7 Å². The molecule has 1 unspecified atom stereocenters.